The summed E-state index contributed by atoms with van der Waals surface area (Å²) in [6, 6.07) is 14.8. The third kappa shape index (κ3) is 3.14. The van der Waals surface area contributed by atoms with Crippen molar-refractivity contribution in [3.8, 4) is 0 Å². The van der Waals surface area contributed by atoms with Crippen molar-refractivity contribution in [3.05, 3.63) is 48.0 Å². The van der Waals surface area contributed by atoms with Crippen LogP contribution < -0.4 is 5.32 Å². The van der Waals surface area contributed by atoms with Gasteiger partial charge in [-0.1, -0.05) is 56.3 Å². The second kappa shape index (κ2) is 6.18. The number of nitrogens with one attached hydrogen (secondary N) is 1. The summed E-state index contributed by atoms with van der Waals surface area (Å²) in [7, 11) is 1.93. The van der Waals surface area contributed by atoms with Crippen molar-refractivity contribution in [2.75, 3.05) is 13.6 Å². The van der Waals surface area contributed by atoms with Gasteiger partial charge in [0.1, 0.15) is 0 Å². The summed E-state index contributed by atoms with van der Waals surface area (Å²) >= 11 is 0. The number of aliphatic hydroxyl groups is 1. The van der Waals surface area contributed by atoms with Crippen LogP contribution in [0.5, 0.6) is 0 Å². The van der Waals surface area contributed by atoms with Gasteiger partial charge in [0, 0.05) is 12.5 Å². The molecule has 2 aromatic carbocycles. The van der Waals surface area contributed by atoms with E-state index in [1.807, 2.05) is 7.05 Å². The Bertz CT molecular complexity index is 536. The normalized spacial score (nSPS) is 14.8. The van der Waals surface area contributed by atoms with Crippen molar-refractivity contribution in [3.63, 3.8) is 0 Å². The highest BCUT2D eigenvalue weighted by atomic mass is 16.3. The summed E-state index contributed by atoms with van der Waals surface area (Å²) < 4.78 is 0. The average Bonchev–Trinajstić information content (AvgIpc) is 2.43. The highest BCUT2D eigenvalue weighted by Crippen LogP contribution is 2.27. The lowest BCUT2D eigenvalue weighted by Crippen LogP contribution is -2.31. The van der Waals surface area contributed by atoms with Gasteiger partial charge >= 0.3 is 0 Å². The zero-order valence-electron chi connectivity index (χ0n) is 11.9. The quantitative estimate of drug-likeness (QED) is 0.862. The molecule has 0 unspecified atom stereocenters. The fourth-order valence-corrected chi connectivity index (χ4v) is 2.56. The number of benzene rings is 2. The van der Waals surface area contributed by atoms with Gasteiger partial charge in [-0.2, -0.15) is 0 Å². The van der Waals surface area contributed by atoms with E-state index in [1.54, 1.807) is 0 Å². The zero-order valence-corrected chi connectivity index (χ0v) is 11.9. The van der Waals surface area contributed by atoms with Gasteiger partial charge in [0.2, 0.25) is 0 Å². The van der Waals surface area contributed by atoms with E-state index in [0.29, 0.717) is 0 Å². The second-order valence-corrected chi connectivity index (χ2v) is 5.51. The van der Waals surface area contributed by atoms with Crippen LogP contribution in [0.4, 0.5) is 0 Å². The molecule has 0 amide bonds. The maximum Gasteiger partial charge on any atom is 0.0643 e. The molecule has 0 radical (unpaired) electrons. The third-order valence-electron chi connectivity index (χ3n) is 3.72. The molecular formula is C17H23NO. The van der Waals surface area contributed by atoms with Crippen LogP contribution in [-0.2, 0) is 0 Å². The SMILES string of the molecule is CNC[C@@H](c1ccc2ccccc2c1)[C@@H](O)C(C)C. The number of likely N-dealkylation sites (N-methyl/N-ethyl adjacent to an activating group) is 1. The second-order valence-electron chi connectivity index (χ2n) is 5.51. The molecule has 2 N–H and O–H groups in total. The molecule has 0 saturated carbocycles. The maximum absolute atomic E-state index is 10.4. The molecule has 0 saturated heterocycles. The minimum absolute atomic E-state index is 0.134. The molecule has 0 fully saturated rings. The van der Waals surface area contributed by atoms with Crippen LogP contribution in [-0.4, -0.2) is 24.8 Å². The van der Waals surface area contributed by atoms with E-state index in [9.17, 15) is 5.11 Å². The molecule has 19 heavy (non-hydrogen) atoms. The summed E-state index contributed by atoms with van der Waals surface area (Å²) in [5.41, 5.74) is 1.20. The molecule has 2 nitrogen and oxygen atoms in total. The Morgan fingerprint density at radius 1 is 1.05 bits per heavy atom. The monoisotopic (exact) mass is 257 g/mol. The standard InChI is InChI=1S/C17H23NO/c1-12(2)17(19)16(11-18-3)15-9-8-13-6-4-5-7-14(13)10-15/h4-10,12,16-19H,11H2,1-3H3/t16-,17-/m0/s1. The van der Waals surface area contributed by atoms with Crippen LogP contribution in [0.2, 0.25) is 0 Å². The Balaban J connectivity index is 2.38. The first-order valence-electron chi connectivity index (χ1n) is 6.95. The molecule has 0 heterocycles. The number of hydrogen-bond acceptors (Lipinski definition) is 2. The largest absolute Gasteiger partial charge is 0.392 e. The molecule has 2 atom stereocenters. The molecule has 102 valence electrons. The van der Waals surface area contributed by atoms with Crippen molar-refractivity contribution < 1.29 is 5.11 Å². The molecule has 0 bridgehead atoms. The lowest BCUT2D eigenvalue weighted by Gasteiger charge is -2.26. The van der Waals surface area contributed by atoms with Crippen LogP contribution in [0.25, 0.3) is 10.8 Å². The fraction of sp³-hybridized carbons (Fsp3) is 0.412. The molecule has 2 aromatic rings. The Morgan fingerprint density at radius 3 is 2.37 bits per heavy atom. The van der Waals surface area contributed by atoms with Gasteiger partial charge in [-0.25, -0.2) is 0 Å². The minimum atomic E-state index is -0.325. The van der Waals surface area contributed by atoms with Crippen LogP contribution in [0.3, 0.4) is 0 Å². The molecule has 0 aromatic heterocycles. The van der Waals surface area contributed by atoms with Crippen LogP contribution in [0.15, 0.2) is 42.5 Å². The maximum atomic E-state index is 10.4. The Hall–Kier alpha value is -1.38. The van der Waals surface area contributed by atoms with E-state index in [-0.39, 0.29) is 17.9 Å². The van der Waals surface area contributed by atoms with Gasteiger partial charge < -0.3 is 10.4 Å². The fourth-order valence-electron chi connectivity index (χ4n) is 2.56. The van der Waals surface area contributed by atoms with Gasteiger partial charge in [-0.3, -0.25) is 0 Å². The highest BCUT2D eigenvalue weighted by molar-refractivity contribution is 5.83. The van der Waals surface area contributed by atoms with Crippen molar-refractivity contribution in [2.45, 2.75) is 25.9 Å². The summed E-state index contributed by atoms with van der Waals surface area (Å²) in [5, 5.41) is 16.1. The van der Waals surface area contributed by atoms with E-state index in [1.165, 1.54) is 16.3 Å². The molecule has 2 heteroatoms. The van der Waals surface area contributed by atoms with Crippen molar-refractivity contribution in [1.82, 2.24) is 5.32 Å². The Labute approximate surface area is 115 Å². The predicted octanol–water partition coefficient (Wildman–Crippen LogP) is 3.16. The van der Waals surface area contributed by atoms with Crippen molar-refractivity contribution in [1.29, 1.82) is 0 Å². The van der Waals surface area contributed by atoms with Crippen LogP contribution >= 0.6 is 0 Å². The zero-order chi connectivity index (χ0) is 13.8. The number of aliphatic hydroxyl groups excluding tert-OH is 1. The van der Waals surface area contributed by atoms with Gasteiger partial charge in [0.15, 0.2) is 0 Å². The first-order chi connectivity index (χ1) is 9.13. The van der Waals surface area contributed by atoms with Crippen molar-refractivity contribution >= 4 is 10.8 Å². The van der Waals surface area contributed by atoms with E-state index in [0.717, 1.165) is 6.54 Å². The first-order valence-corrected chi connectivity index (χ1v) is 6.95. The molecule has 0 aliphatic carbocycles. The number of fused-ring (bicyclic) bond motifs is 1. The topological polar surface area (TPSA) is 32.3 Å². The van der Waals surface area contributed by atoms with E-state index >= 15 is 0 Å². The summed E-state index contributed by atoms with van der Waals surface area (Å²) in [5.74, 6) is 0.388. The Morgan fingerprint density at radius 2 is 1.74 bits per heavy atom. The van der Waals surface area contributed by atoms with E-state index < -0.39 is 0 Å². The molecule has 0 aliphatic rings. The van der Waals surface area contributed by atoms with Gasteiger partial charge in [0.25, 0.3) is 0 Å². The van der Waals surface area contributed by atoms with Gasteiger partial charge in [-0.15, -0.1) is 0 Å². The third-order valence-corrected chi connectivity index (χ3v) is 3.72. The van der Waals surface area contributed by atoms with Gasteiger partial charge in [0.05, 0.1) is 6.10 Å². The molecular weight excluding hydrogens is 234 g/mol. The minimum Gasteiger partial charge on any atom is -0.392 e. The summed E-state index contributed by atoms with van der Waals surface area (Å²) in [6.45, 7) is 4.92. The van der Waals surface area contributed by atoms with Crippen LogP contribution in [0, 0.1) is 5.92 Å². The first kappa shape index (κ1) is 14.0. The lowest BCUT2D eigenvalue weighted by atomic mass is 9.86. The molecule has 0 spiro atoms. The highest BCUT2D eigenvalue weighted by Gasteiger charge is 2.23. The number of rotatable bonds is 5. The smallest absolute Gasteiger partial charge is 0.0643 e. The summed E-state index contributed by atoms with van der Waals surface area (Å²) in [4.78, 5) is 0. The lowest BCUT2D eigenvalue weighted by molar-refractivity contribution is 0.0961. The Kier molecular flexibility index (Phi) is 4.56. The molecule has 0 aliphatic heterocycles. The predicted molar refractivity (Wildman–Crippen MR) is 81.5 cm³/mol. The van der Waals surface area contributed by atoms with Gasteiger partial charge in [-0.05, 0) is 29.3 Å². The molecule has 2 rings (SSSR count). The van der Waals surface area contributed by atoms with E-state index in [2.05, 4.69) is 61.6 Å². The average molecular weight is 257 g/mol. The summed E-state index contributed by atoms with van der Waals surface area (Å²) in [6.07, 6.45) is -0.325. The van der Waals surface area contributed by atoms with Crippen molar-refractivity contribution in [2.24, 2.45) is 5.92 Å². The van der Waals surface area contributed by atoms with E-state index in [4.69, 9.17) is 0 Å². The van der Waals surface area contributed by atoms with Crippen LogP contribution in [0.1, 0.15) is 25.3 Å². The number of hydrogen-bond donors (Lipinski definition) is 2.